The highest BCUT2D eigenvalue weighted by molar-refractivity contribution is 7.89. The van der Waals surface area contributed by atoms with Gasteiger partial charge in [0.15, 0.2) is 0 Å². The number of aromatic nitrogens is 2. The predicted molar refractivity (Wildman–Crippen MR) is 94.1 cm³/mol. The predicted octanol–water partition coefficient (Wildman–Crippen LogP) is 1.39. The fraction of sp³-hybridized carbons (Fsp3) is 0.467. The van der Waals surface area contributed by atoms with Crippen LogP contribution in [-0.4, -0.2) is 44.0 Å². The standard InChI is InChI=1S/C15H19N5O2S2/c16-24(21,22)13-4-2-1-3-12(13)19-7-9-20(10-8-19)15-17-14(18-23-15)11-5-6-11/h1-4,11H,5-10H2,(H2,16,21,22). The quantitative estimate of drug-likeness (QED) is 0.880. The zero-order valence-corrected chi connectivity index (χ0v) is 14.8. The fourth-order valence-electron chi connectivity index (χ4n) is 2.96. The molecular weight excluding hydrogens is 346 g/mol. The molecule has 24 heavy (non-hydrogen) atoms. The van der Waals surface area contributed by atoms with Crippen molar-refractivity contribution in [1.82, 2.24) is 9.36 Å². The van der Waals surface area contributed by atoms with Crippen molar-refractivity contribution in [2.45, 2.75) is 23.7 Å². The molecule has 4 rings (SSSR count). The number of hydrogen-bond acceptors (Lipinski definition) is 7. The smallest absolute Gasteiger partial charge is 0.240 e. The molecule has 2 fully saturated rings. The van der Waals surface area contributed by atoms with Crippen molar-refractivity contribution in [2.24, 2.45) is 5.14 Å². The van der Waals surface area contributed by atoms with Gasteiger partial charge in [0.25, 0.3) is 0 Å². The minimum Gasteiger partial charge on any atom is -0.367 e. The van der Waals surface area contributed by atoms with Crippen molar-refractivity contribution in [2.75, 3.05) is 36.0 Å². The maximum atomic E-state index is 11.8. The second-order valence-corrected chi connectivity index (χ2v) is 8.46. The van der Waals surface area contributed by atoms with Crippen LogP contribution < -0.4 is 14.9 Å². The lowest BCUT2D eigenvalue weighted by Gasteiger charge is -2.36. The van der Waals surface area contributed by atoms with E-state index in [1.807, 2.05) is 12.1 Å². The molecule has 0 unspecified atom stereocenters. The van der Waals surface area contributed by atoms with E-state index in [9.17, 15) is 8.42 Å². The average Bonchev–Trinajstić information content (AvgIpc) is 3.31. The molecule has 9 heteroatoms. The molecule has 2 heterocycles. The number of primary sulfonamides is 1. The number of para-hydroxylation sites is 1. The van der Waals surface area contributed by atoms with E-state index < -0.39 is 10.0 Å². The monoisotopic (exact) mass is 365 g/mol. The molecule has 2 aliphatic rings. The summed E-state index contributed by atoms with van der Waals surface area (Å²) < 4.78 is 28.0. The van der Waals surface area contributed by atoms with Crippen LogP contribution in [0.25, 0.3) is 0 Å². The van der Waals surface area contributed by atoms with Gasteiger partial charge in [-0.05, 0) is 25.0 Å². The number of piperazine rings is 1. The molecule has 1 aliphatic heterocycles. The van der Waals surface area contributed by atoms with Gasteiger partial charge in [-0.2, -0.15) is 4.37 Å². The third-order valence-electron chi connectivity index (χ3n) is 4.44. The van der Waals surface area contributed by atoms with Crippen molar-refractivity contribution in [3.63, 3.8) is 0 Å². The van der Waals surface area contributed by atoms with Gasteiger partial charge in [-0.1, -0.05) is 12.1 Å². The largest absolute Gasteiger partial charge is 0.367 e. The van der Waals surface area contributed by atoms with E-state index in [2.05, 4.69) is 19.2 Å². The molecule has 2 aromatic rings. The Morgan fingerprint density at radius 3 is 2.42 bits per heavy atom. The van der Waals surface area contributed by atoms with Crippen molar-refractivity contribution in [3.8, 4) is 0 Å². The number of nitrogens with zero attached hydrogens (tertiary/aromatic N) is 4. The molecular formula is C15H19N5O2S2. The maximum absolute atomic E-state index is 11.8. The van der Waals surface area contributed by atoms with Gasteiger partial charge in [0.05, 0.1) is 5.69 Å². The average molecular weight is 365 g/mol. The van der Waals surface area contributed by atoms with Crippen LogP contribution in [-0.2, 0) is 10.0 Å². The van der Waals surface area contributed by atoms with Gasteiger partial charge >= 0.3 is 0 Å². The molecule has 2 N–H and O–H groups in total. The summed E-state index contributed by atoms with van der Waals surface area (Å²) in [5.41, 5.74) is 0.676. The van der Waals surface area contributed by atoms with Gasteiger partial charge in [-0.15, -0.1) is 0 Å². The molecule has 1 aromatic heterocycles. The van der Waals surface area contributed by atoms with Crippen LogP contribution in [0, 0.1) is 0 Å². The highest BCUT2D eigenvalue weighted by Gasteiger charge is 2.29. The van der Waals surface area contributed by atoms with Gasteiger partial charge in [0.2, 0.25) is 15.2 Å². The van der Waals surface area contributed by atoms with E-state index >= 15 is 0 Å². The summed E-state index contributed by atoms with van der Waals surface area (Å²) in [6, 6.07) is 6.90. The van der Waals surface area contributed by atoms with E-state index in [1.165, 1.54) is 24.4 Å². The first-order valence-corrected chi connectivity index (χ1v) is 10.3. The molecule has 0 radical (unpaired) electrons. The summed E-state index contributed by atoms with van der Waals surface area (Å²) in [5.74, 6) is 1.55. The number of hydrogen-bond donors (Lipinski definition) is 1. The van der Waals surface area contributed by atoms with Crippen molar-refractivity contribution in [1.29, 1.82) is 0 Å². The Morgan fingerprint density at radius 2 is 1.75 bits per heavy atom. The number of anilines is 2. The first kappa shape index (κ1) is 15.8. The fourth-order valence-corrected chi connectivity index (χ4v) is 4.51. The Bertz CT molecular complexity index is 839. The van der Waals surface area contributed by atoms with Crippen molar-refractivity contribution >= 4 is 32.4 Å². The summed E-state index contributed by atoms with van der Waals surface area (Å²) in [6.45, 7) is 3.03. The molecule has 128 valence electrons. The highest BCUT2D eigenvalue weighted by Crippen LogP contribution is 2.39. The second-order valence-electron chi connectivity index (χ2n) is 6.20. The van der Waals surface area contributed by atoms with Gasteiger partial charge in [-0.25, -0.2) is 18.5 Å². The van der Waals surface area contributed by atoms with E-state index in [1.54, 1.807) is 12.1 Å². The summed E-state index contributed by atoms with van der Waals surface area (Å²) >= 11 is 1.46. The van der Waals surface area contributed by atoms with Gasteiger partial charge in [0.1, 0.15) is 10.7 Å². The zero-order chi connectivity index (χ0) is 16.7. The van der Waals surface area contributed by atoms with E-state index in [4.69, 9.17) is 5.14 Å². The summed E-state index contributed by atoms with van der Waals surface area (Å²) in [7, 11) is -3.72. The van der Waals surface area contributed by atoms with Crippen molar-refractivity contribution < 1.29 is 8.42 Å². The molecule has 1 saturated carbocycles. The SMILES string of the molecule is NS(=O)(=O)c1ccccc1N1CCN(c2nc(C3CC3)ns2)CC1. The lowest BCUT2D eigenvalue weighted by molar-refractivity contribution is 0.595. The van der Waals surface area contributed by atoms with Gasteiger partial charge < -0.3 is 9.80 Å². The first-order valence-electron chi connectivity index (χ1n) is 7.98. The van der Waals surface area contributed by atoms with Crippen LogP contribution in [0.5, 0.6) is 0 Å². The van der Waals surface area contributed by atoms with Crippen molar-refractivity contribution in [3.05, 3.63) is 30.1 Å². The van der Waals surface area contributed by atoms with Crippen LogP contribution in [0.15, 0.2) is 29.2 Å². The lowest BCUT2D eigenvalue weighted by atomic mass is 10.2. The Kier molecular flexibility index (Phi) is 3.93. The van der Waals surface area contributed by atoms with Crippen LogP contribution in [0.2, 0.25) is 0 Å². The molecule has 1 saturated heterocycles. The normalized spacial score (nSPS) is 18.9. The Morgan fingerprint density at radius 1 is 1.08 bits per heavy atom. The summed E-state index contributed by atoms with van der Waals surface area (Å²) in [5, 5.41) is 6.31. The van der Waals surface area contributed by atoms with Gasteiger partial charge in [-0.3, -0.25) is 0 Å². The number of benzene rings is 1. The summed E-state index contributed by atoms with van der Waals surface area (Å²) in [4.78, 5) is 9.13. The van der Waals surface area contributed by atoms with Crippen LogP contribution in [0.4, 0.5) is 10.8 Å². The maximum Gasteiger partial charge on any atom is 0.240 e. The van der Waals surface area contributed by atoms with Crippen LogP contribution in [0.1, 0.15) is 24.6 Å². The molecule has 1 aromatic carbocycles. The number of sulfonamides is 1. The third kappa shape index (κ3) is 3.11. The second kappa shape index (κ2) is 5.98. The Labute approximate surface area is 145 Å². The molecule has 0 atom stereocenters. The Balaban J connectivity index is 1.48. The Hall–Kier alpha value is -1.71. The molecule has 7 nitrogen and oxygen atoms in total. The lowest BCUT2D eigenvalue weighted by Crippen LogP contribution is -2.47. The summed E-state index contributed by atoms with van der Waals surface area (Å²) in [6.07, 6.45) is 2.41. The topological polar surface area (TPSA) is 92.4 Å². The highest BCUT2D eigenvalue weighted by atomic mass is 32.2. The zero-order valence-electron chi connectivity index (χ0n) is 13.1. The number of nitrogens with two attached hydrogens (primary N) is 1. The number of rotatable bonds is 4. The molecule has 1 aliphatic carbocycles. The minimum absolute atomic E-state index is 0.186. The third-order valence-corrected chi connectivity index (χ3v) is 6.19. The molecule has 0 spiro atoms. The van der Waals surface area contributed by atoms with Crippen LogP contribution in [0.3, 0.4) is 0 Å². The van der Waals surface area contributed by atoms with Crippen LogP contribution >= 0.6 is 11.5 Å². The molecule has 0 bridgehead atoms. The van der Waals surface area contributed by atoms with E-state index in [-0.39, 0.29) is 4.90 Å². The van der Waals surface area contributed by atoms with E-state index in [0.717, 1.165) is 37.1 Å². The molecule has 0 amide bonds. The first-order chi connectivity index (χ1) is 11.5. The van der Waals surface area contributed by atoms with E-state index in [0.29, 0.717) is 11.6 Å². The van der Waals surface area contributed by atoms with Gasteiger partial charge in [0, 0.05) is 43.6 Å². The minimum atomic E-state index is -3.72.